The molecule has 4 aromatic rings. The number of aryl methyl sites for hydroxylation is 1. The van der Waals surface area contributed by atoms with Gasteiger partial charge in [-0.15, -0.1) is 11.3 Å². The fraction of sp³-hybridized carbons (Fsp3) is 0.250. The van der Waals surface area contributed by atoms with E-state index in [1.165, 1.54) is 34.0 Å². The van der Waals surface area contributed by atoms with Crippen LogP contribution in [0.1, 0.15) is 33.9 Å². The molecule has 3 aromatic heterocycles. The minimum absolute atomic E-state index is 0.0106. The lowest BCUT2D eigenvalue weighted by atomic mass is 9.65. The van der Waals surface area contributed by atoms with Gasteiger partial charge in [0.2, 0.25) is 10.0 Å². The van der Waals surface area contributed by atoms with E-state index in [0.29, 0.717) is 23.5 Å². The van der Waals surface area contributed by atoms with Crippen LogP contribution in [0.4, 0.5) is 4.39 Å². The van der Waals surface area contributed by atoms with Crippen molar-refractivity contribution in [2.24, 2.45) is 5.41 Å². The van der Waals surface area contributed by atoms with Crippen LogP contribution in [0.15, 0.2) is 58.0 Å². The van der Waals surface area contributed by atoms with Crippen molar-refractivity contribution in [1.29, 1.82) is 0 Å². The smallest absolute Gasteiger partial charge is 0.246 e. The van der Waals surface area contributed by atoms with E-state index in [-0.39, 0.29) is 36.0 Å². The van der Waals surface area contributed by atoms with Crippen LogP contribution in [0.25, 0.3) is 11.8 Å². The van der Waals surface area contributed by atoms with Gasteiger partial charge in [0.25, 0.3) is 0 Å². The number of carbonyl (C=O) groups is 1. The lowest BCUT2D eigenvalue weighted by Crippen LogP contribution is -2.53. The number of benzene rings is 1. The SMILES string of the molecule is Cc1n[nH]cc1S(=O)(=O)N1CCC2=Cc3c(cnn3-c3ccc(F)cc3)C[C@]2(C(=O)c2cscn2)C1. The van der Waals surface area contributed by atoms with E-state index < -0.39 is 15.4 Å². The minimum Gasteiger partial charge on any atom is -0.291 e. The highest BCUT2D eigenvalue weighted by Crippen LogP contribution is 2.47. The quantitative estimate of drug-likeness (QED) is 0.400. The largest absolute Gasteiger partial charge is 0.291 e. The van der Waals surface area contributed by atoms with Gasteiger partial charge in [0, 0.05) is 24.7 Å². The first kappa shape index (κ1) is 23.0. The topological polar surface area (TPSA) is 114 Å². The molecule has 0 amide bonds. The summed E-state index contributed by atoms with van der Waals surface area (Å²) in [4.78, 5) is 18.3. The van der Waals surface area contributed by atoms with Gasteiger partial charge in [-0.05, 0) is 55.7 Å². The van der Waals surface area contributed by atoms with Crippen molar-refractivity contribution < 1.29 is 17.6 Å². The maximum atomic E-state index is 14.0. The highest BCUT2D eigenvalue weighted by Gasteiger charge is 2.51. The predicted octanol–water partition coefficient (Wildman–Crippen LogP) is 3.40. The third kappa shape index (κ3) is 3.47. The van der Waals surface area contributed by atoms with Crippen molar-refractivity contribution in [2.75, 3.05) is 13.1 Å². The van der Waals surface area contributed by atoms with Crippen molar-refractivity contribution in [3.63, 3.8) is 0 Å². The number of hydrogen-bond donors (Lipinski definition) is 1. The molecule has 4 heterocycles. The zero-order chi connectivity index (χ0) is 25.1. The highest BCUT2D eigenvalue weighted by atomic mass is 32.2. The summed E-state index contributed by atoms with van der Waals surface area (Å²) >= 11 is 1.32. The van der Waals surface area contributed by atoms with Crippen LogP contribution in [0, 0.1) is 18.2 Å². The van der Waals surface area contributed by atoms with Crippen LogP contribution in [-0.4, -0.2) is 56.6 Å². The molecular formula is C24H21FN6O3S2. The van der Waals surface area contributed by atoms with Crippen LogP contribution in [0.5, 0.6) is 0 Å². The van der Waals surface area contributed by atoms with Crippen LogP contribution >= 0.6 is 11.3 Å². The maximum absolute atomic E-state index is 14.0. The Labute approximate surface area is 210 Å². The average molecular weight is 525 g/mol. The number of sulfonamides is 1. The zero-order valence-electron chi connectivity index (χ0n) is 19.2. The molecule has 1 aromatic carbocycles. The molecule has 1 aliphatic carbocycles. The molecule has 1 N–H and O–H groups in total. The van der Waals surface area contributed by atoms with Gasteiger partial charge in [0.1, 0.15) is 16.4 Å². The fourth-order valence-electron chi connectivity index (χ4n) is 5.13. The van der Waals surface area contributed by atoms with Gasteiger partial charge < -0.3 is 0 Å². The van der Waals surface area contributed by atoms with Crippen LogP contribution < -0.4 is 0 Å². The minimum atomic E-state index is -3.87. The second-order valence-electron chi connectivity index (χ2n) is 9.00. The van der Waals surface area contributed by atoms with Gasteiger partial charge in [0.15, 0.2) is 5.78 Å². The van der Waals surface area contributed by atoms with Crippen molar-refractivity contribution in [3.8, 4) is 5.69 Å². The normalized spacial score (nSPS) is 20.0. The van der Waals surface area contributed by atoms with Gasteiger partial charge in [0.05, 0.1) is 34.2 Å². The van der Waals surface area contributed by atoms with E-state index in [9.17, 15) is 17.6 Å². The maximum Gasteiger partial charge on any atom is 0.246 e. The molecule has 1 fully saturated rings. The summed E-state index contributed by atoms with van der Waals surface area (Å²) in [6.07, 6.45) is 5.65. The molecule has 0 saturated carbocycles. The Morgan fingerprint density at radius 3 is 2.75 bits per heavy atom. The monoisotopic (exact) mass is 524 g/mol. The van der Waals surface area contributed by atoms with Crippen molar-refractivity contribution in [2.45, 2.75) is 24.7 Å². The van der Waals surface area contributed by atoms with Crippen LogP contribution in [0.3, 0.4) is 0 Å². The number of hydrogen-bond acceptors (Lipinski definition) is 7. The number of piperidine rings is 1. The number of nitrogens with zero attached hydrogens (tertiary/aromatic N) is 5. The number of carbonyl (C=O) groups excluding carboxylic acids is 1. The third-order valence-corrected chi connectivity index (χ3v) is 9.50. The number of thiazole rings is 1. The van der Waals surface area contributed by atoms with Crippen molar-refractivity contribution in [1.82, 2.24) is 29.3 Å². The van der Waals surface area contributed by atoms with Crippen LogP contribution in [0.2, 0.25) is 0 Å². The average Bonchev–Trinajstić information content (AvgIpc) is 3.63. The summed E-state index contributed by atoms with van der Waals surface area (Å²) in [6.45, 7) is 1.85. The molecule has 0 unspecified atom stereocenters. The first-order chi connectivity index (χ1) is 17.3. The molecule has 0 spiro atoms. The lowest BCUT2D eigenvalue weighted by molar-refractivity contribution is 0.0771. The summed E-state index contributed by atoms with van der Waals surface area (Å²) < 4.78 is 43.6. The molecule has 1 atom stereocenters. The number of aromatic nitrogens is 5. The summed E-state index contributed by atoms with van der Waals surface area (Å²) in [7, 11) is -3.87. The first-order valence-electron chi connectivity index (χ1n) is 11.3. The van der Waals surface area contributed by atoms with Gasteiger partial charge in [-0.3, -0.25) is 9.89 Å². The van der Waals surface area contributed by atoms with Gasteiger partial charge in [-0.1, -0.05) is 5.57 Å². The zero-order valence-corrected chi connectivity index (χ0v) is 20.8. The van der Waals surface area contributed by atoms with Gasteiger partial charge in [-0.25, -0.2) is 22.5 Å². The molecule has 2 aliphatic rings. The summed E-state index contributed by atoms with van der Waals surface area (Å²) in [6, 6.07) is 6.03. The molecule has 184 valence electrons. The summed E-state index contributed by atoms with van der Waals surface area (Å²) in [5, 5.41) is 12.8. The standard InChI is InChI=1S/C24H21FN6O3S2/c1-15-22(11-27-29-15)36(33,34)30-7-6-17-8-21-16(10-28-31(21)19-4-2-18(25)3-5-19)9-24(17,13-30)23(32)20-12-35-14-26-20/h2-5,8,10-12,14H,6-7,9,13H2,1H3,(H,27,29)/t24-/m0/s1. The summed E-state index contributed by atoms with van der Waals surface area (Å²) in [5.41, 5.74) is 4.34. The Hall–Kier alpha value is -3.48. The van der Waals surface area contributed by atoms with E-state index in [2.05, 4.69) is 20.3 Å². The molecule has 12 heteroatoms. The van der Waals surface area contributed by atoms with Crippen LogP contribution in [-0.2, 0) is 16.4 Å². The van der Waals surface area contributed by atoms with Gasteiger partial charge >= 0.3 is 0 Å². The lowest BCUT2D eigenvalue weighted by Gasteiger charge is -2.44. The number of ketones is 1. The molecule has 1 aliphatic heterocycles. The molecule has 1 saturated heterocycles. The molecule has 36 heavy (non-hydrogen) atoms. The summed E-state index contributed by atoms with van der Waals surface area (Å²) in [5.74, 6) is -0.550. The molecular weight excluding hydrogens is 503 g/mol. The number of fused-ring (bicyclic) bond motifs is 2. The second-order valence-corrected chi connectivity index (χ2v) is 11.6. The number of H-pyrrole nitrogens is 1. The Kier molecular flexibility index (Phi) is 5.28. The number of Topliss-reactive ketones (excluding diaryl/α,β-unsaturated/α-hetero) is 1. The fourth-order valence-corrected chi connectivity index (χ4v) is 7.28. The van der Waals surface area contributed by atoms with E-state index in [4.69, 9.17) is 0 Å². The van der Waals surface area contributed by atoms with E-state index >= 15 is 0 Å². The second kappa shape index (κ2) is 8.29. The Morgan fingerprint density at radius 1 is 1.25 bits per heavy atom. The Morgan fingerprint density at radius 2 is 2.06 bits per heavy atom. The Balaban J connectivity index is 1.45. The van der Waals surface area contributed by atoms with Crippen molar-refractivity contribution in [3.05, 3.63) is 81.6 Å². The number of nitrogens with one attached hydrogen (secondary N) is 1. The van der Waals surface area contributed by atoms with Gasteiger partial charge in [-0.2, -0.15) is 14.5 Å². The van der Waals surface area contributed by atoms with Crippen molar-refractivity contribution >= 4 is 33.2 Å². The highest BCUT2D eigenvalue weighted by molar-refractivity contribution is 7.89. The molecule has 0 bridgehead atoms. The Bertz CT molecular complexity index is 1610. The number of rotatable bonds is 5. The predicted molar refractivity (Wildman–Crippen MR) is 131 cm³/mol. The third-order valence-electron chi connectivity index (χ3n) is 6.95. The van der Waals surface area contributed by atoms with E-state index in [1.807, 2.05) is 6.08 Å². The van der Waals surface area contributed by atoms with E-state index in [1.54, 1.807) is 40.8 Å². The number of aromatic amines is 1. The number of halogens is 1. The van der Waals surface area contributed by atoms with E-state index in [0.717, 1.165) is 16.8 Å². The molecule has 6 rings (SSSR count). The molecule has 9 nitrogen and oxygen atoms in total. The molecule has 0 radical (unpaired) electrons. The first-order valence-corrected chi connectivity index (χ1v) is 13.7.